The molecule has 2 aromatic rings. The molecule has 1 aliphatic heterocycles. The summed E-state index contributed by atoms with van der Waals surface area (Å²) in [6.07, 6.45) is 1.17. The highest BCUT2D eigenvalue weighted by atomic mass is 35.5. The highest BCUT2D eigenvalue weighted by Crippen LogP contribution is 2.43. The number of carbonyl (C=O) groups excluding carboxylic acids is 1. The largest absolute Gasteiger partial charge is 0.390 e. The van der Waals surface area contributed by atoms with Crippen LogP contribution in [0, 0.1) is 6.92 Å². The van der Waals surface area contributed by atoms with Gasteiger partial charge in [0.1, 0.15) is 0 Å². The van der Waals surface area contributed by atoms with Crippen molar-refractivity contribution < 1.29 is 9.90 Å². The zero-order valence-electron chi connectivity index (χ0n) is 17.4. The fraction of sp³-hybridized carbons (Fsp3) is 0.391. The molecule has 4 N–H and O–H groups in total. The summed E-state index contributed by atoms with van der Waals surface area (Å²) in [4.78, 5) is 19.2. The Morgan fingerprint density at radius 1 is 1.20 bits per heavy atom. The average molecular weight is 427 g/mol. The van der Waals surface area contributed by atoms with E-state index in [2.05, 4.69) is 5.32 Å². The fourth-order valence-electron chi connectivity index (χ4n) is 4.37. The van der Waals surface area contributed by atoms with Gasteiger partial charge >= 0.3 is 0 Å². The Hall–Kier alpha value is -2.57. The number of halogens is 1. The molecule has 1 fully saturated rings. The average Bonchev–Trinajstić information content (AvgIpc) is 2.63. The molecule has 1 atom stereocenters. The van der Waals surface area contributed by atoms with Gasteiger partial charge in [0, 0.05) is 17.3 Å². The Morgan fingerprint density at radius 2 is 1.87 bits per heavy atom. The minimum atomic E-state index is -0.855. The third-order valence-corrected chi connectivity index (χ3v) is 6.40. The number of amides is 1. The van der Waals surface area contributed by atoms with Crippen molar-refractivity contribution >= 4 is 34.8 Å². The number of hydrogen-bond acceptors (Lipinski definition) is 5. The van der Waals surface area contributed by atoms with E-state index in [1.54, 1.807) is 6.92 Å². The molecule has 0 radical (unpaired) electrons. The lowest BCUT2D eigenvalue weighted by molar-refractivity contribution is -0.138. The zero-order chi connectivity index (χ0) is 21.7. The Balaban J connectivity index is 1.62. The van der Waals surface area contributed by atoms with Crippen LogP contribution in [0.3, 0.4) is 0 Å². The minimum Gasteiger partial charge on any atom is -0.390 e. The van der Waals surface area contributed by atoms with Gasteiger partial charge < -0.3 is 16.2 Å². The molecule has 7 heteroatoms. The van der Waals surface area contributed by atoms with Gasteiger partial charge in [-0.1, -0.05) is 41.4 Å². The predicted octanol–water partition coefficient (Wildman–Crippen LogP) is 4.07. The third-order valence-electron chi connectivity index (χ3n) is 6.00. The van der Waals surface area contributed by atoms with Crippen molar-refractivity contribution in [2.75, 3.05) is 5.32 Å². The van der Waals surface area contributed by atoms with Crippen LogP contribution in [0.25, 0.3) is 0 Å². The molecule has 1 aliphatic carbocycles. The monoisotopic (exact) mass is 426 g/mol. The number of guanidine groups is 1. The van der Waals surface area contributed by atoms with E-state index in [1.165, 1.54) is 10.5 Å². The van der Waals surface area contributed by atoms with Crippen molar-refractivity contribution in [3.63, 3.8) is 0 Å². The number of nitrogens with zero attached hydrogens (tertiary/aromatic N) is 2. The van der Waals surface area contributed by atoms with Gasteiger partial charge in [-0.25, -0.2) is 4.99 Å². The summed E-state index contributed by atoms with van der Waals surface area (Å²) < 4.78 is 0. The van der Waals surface area contributed by atoms with Crippen molar-refractivity contribution in [2.24, 2.45) is 10.7 Å². The van der Waals surface area contributed by atoms with Crippen molar-refractivity contribution in [3.05, 3.63) is 58.6 Å². The Kier molecular flexibility index (Phi) is 5.03. The van der Waals surface area contributed by atoms with Crippen LogP contribution in [0.1, 0.15) is 44.2 Å². The normalized spacial score (nSPS) is 28.7. The highest BCUT2D eigenvalue weighted by molar-refractivity contribution is 6.34. The van der Waals surface area contributed by atoms with Crippen LogP contribution < -0.4 is 11.1 Å². The van der Waals surface area contributed by atoms with Gasteiger partial charge in [0.05, 0.1) is 28.3 Å². The van der Waals surface area contributed by atoms with Crippen LogP contribution >= 0.6 is 11.6 Å². The van der Waals surface area contributed by atoms with Crippen LogP contribution in [0.15, 0.2) is 47.5 Å². The lowest BCUT2D eigenvalue weighted by Crippen LogP contribution is -2.61. The van der Waals surface area contributed by atoms with Gasteiger partial charge in [-0.05, 0) is 51.8 Å². The molecule has 1 saturated carbocycles. The zero-order valence-corrected chi connectivity index (χ0v) is 18.2. The van der Waals surface area contributed by atoms with Gasteiger partial charge in [-0.15, -0.1) is 0 Å². The molecule has 4 rings (SSSR count). The molecule has 0 bridgehead atoms. The number of nitrogens with two attached hydrogens (primary N) is 1. The maximum absolute atomic E-state index is 13.0. The number of nitrogens with one attached hydrogen (secondary N) is 1. The number of aliphatic hydroxyl groups is 1. The first kappa shape index (κ1) is 20.7. The lowest BCUT2D eigenvalue weighted by Gasteiger charge is -2.48. The molecular formula is C23H27ClN4O2. The lowest BCUT2D eigenvalue weighted by atomic mass is 9.75. The van der Waals surface area contributed by atoms with Crippen molar-refractivity contribution in [1.82, 2.24) is 4.90 Å². The summed E-state index contributed by atoms with van der Waals surface area (Å²) in [6.45, 7) is 5.68. The van der Waals surface area contributed by atoms with E-state index in [1.807, 2.05) is 56.3 Å². The van der Waals surface area contributed by atoms with Crippen LogP contribution in [0.4, 0.5) is 11.4 Å². The van der Waals surface area contributed by atoms with E-state index in [0.717, 1.165) is 16.9 Å². The number of rotatable bonds is 4. The first-order valence-electron chi connectivity index (χ1n) is 10.1. The maximum Gasteiger partial charge on any atom is 0.232 e. The van der Waals surface area contributed by atoms with Gasteiger partial charge in [0.25, 0.3) is 0 Å². The highest BCUT2D eigenvalue weighted by Gasteiger charge is 2.48. The Bertz CT molecular complexity index is 1010. The second kappa shape index (κ2) is 7.29. The van der Waals surface area contributed by atoms with Crippen LogP contribution in [-0.2, 0) is 10.3 Å². The van der Waals surface area contributed by atoms with Crippen molar-refractivity contribution in [3.8, 4) is 0 Å². The Morgan fingerprint density at radius 3 is 2.47 bits per heavy atom. The number of carbonyl (C=O) groups is 1. The molecule has 30 heavy (non-hydrogen) atoms. The van der Waals surface area contributed by atoms with Gasteiger partial charge in [0.2, 0.25) is 5.91 Å². The molecule has 1 heterocycles. The standard InChI is InChI=1S/C23H27ClN4O2/c1-14-7-9-15(10-8-14)26-18-6-4-5-17(20(18)24)23(3)13-19(29)28(21(25)27-23)16-11-22(2,30)12-16/h4-10,16,26,30H,11-13H2,1-3H3,(H2,25,27)/t16?,22?,23-/m0/s1. The molecule has 6 nitrogen and oxygen atoms in total. The molecule has 0 unspecified atom stereocenters. The SMILES string of the molecule is Cc1ccc(Nc2cccc([C@]3(C)CC(=O)N(C4CC(C)(O)C4)C(N)=N3)c2Cl)cc1. The smallest absolute Gasteiger partial charge is 0.232 e. The van der Waals surface area contributed by atoms with Gasteiger partial charge in [-0.3, -0.25) is 9.69 Å². The summed E-state index contributed by atoms with van der Waals surface area (Å²) in [5.74, 6) is 0.0840. The van der Waals surface area contributed by atoms with E-state index in [-0.39, 0.29) is 24.3 Å². The number of hydrogen-bond donors (Lipinski definition) is 3. The first-order chi connectivity index (χ1) is 14.1. The molecule has 158 valence electrons. The summed E-state index contributed by atoms with van der Waals surface area (Å²) in [5.41, 5.74) is 8.22. The van der Waals surface area contributed by atoms with Crippen molar-refractivity contribution in [1.29, 1.82) is 0 Å². The number of aliphatic imine (C=N–C) groups is 1. The number of anilines is 2. The van der Waals surface area contributed by atoms with E-state index < -0.39 is 11.1 Å². The second-order valence-corrected chi connectivity index (χ2v) is 9.28. The van der Waals surface area contributed by atoms with Crippen molar-refractivity contribution in [2.45, 2.75) is 57.2 Å². The summed E-state index contributed by atoms with van der Waals surface area (Å²) in [6, 6.07) is 13.6. The number of benzene rings is 2. The van der Waals surface area contributed by atoms with E-state index in [9.17, 15) is 9.90 Å². The molecule has 0 spiro atoms. The third kappa shape index (κ3) is 3.77. The number of aryl methyl sites for hydroxylation is 1. The quantitative estimate of drug-likeness (QED) is 0.687. The molecule has 2 aliphatic rings. The van der Waals surface area contributed by atoms with Crippen LogP contribution in [0.5, 0.6) is 0 Å². The second-order valence-electron chi connectivity index (χ2n) is 8.90. The topological polar surface area (TPSA) is 91.0 Å². The molecular weight excluding hydrogens is 400 g/mol. The van der Waals surface area contributed by atoms with Crippen LogP contribution in [-0.4, -0.2) is 33.5 Å². The van der Waals surface area contributed by atoms with E-state index >= 15 is 0 Å². The first-order valence-corrected chi connectivity index (χ1v) is 10.5. The fourth-order valence-corrected chi connectivity index (χ4v) is 4.75. The van der Waals surface area contributed by atoms with E-state index in [4.69, 9.17) is 22.3 Å². The molecule has 0 saturated heterocycles. The molecule has 0 aromatic heterocycles. The predicted molar refractivity (Wildman–Crippen MR) is 120 cm³/mol. The van der Waals surface area contributed by atoms with Gasteiger partial charge in [0.15, 0.2) is 5.96 Å². The van der Waals surface area contributed by atoms with Gasteiger partial charge in [-0.2, -0.15) is 0 Å². The molecule has 2 aromatic carbocycles. The maximum atomic E-state index is 13.0. The summed E-state index contributed by atoms with van der Waals surface area (Å²) in [7, 11) is 0. The molecule has 1 amide bonds. The summed E-state index contributed by atoms with van der Waals surface area (Å²) >= 11 is 6.75. The minimum absolute atomic E-state index is 0.0986. The van der Waals surface area contributed by atoms with Crippen LogP contribution in [0.2, 0.25) is 5.02 Å². The summed E-state index contributed by atoms with van der Waals surface area (Å²) in [5, 5.41) is 13.9. The Labute approximate surface area is 181 Å². The van der Waals surface area contributed by atoms with E-state index in [0.29, 0.717) is 17.9 Å².